The number of alkyl carbamates (subject to hydrolysis) is 1. The molecule has 0 heterocycles. The molecule has 2 aliphatic rings. The molecule has 4 rings (SSSR count). The Hall–Kier alpha value is -3.79. The normalized spacial score (nSPS) is 19.7. The molecule has 0 bridgehead atoms. The zero-order valence-corrected chi connectivity index (χ0v) is 18.8. The molecule has 3 N–H and O–H groups in total. The van der Waals surface area contributed by atoms with Gasteiger partial charge in [-0.3, -0.25) is 9.59 Å². The van der Waals surface area contributed by atoms with Crippen molar-refractivity contribution in [1.82, 2.24) is 10.6 Å². The molecule has 0 saturated heterocycles. The van der Waals surface area contributed by atoms with Crippen molar-refractivity contribution in [2.24, 2.45) is 5.92 Å². The Kier molecular flexibility index (Phi) is 7.17. The summed E-state index contributed by atoms with van der Waals surface area (Å²) in [5.74, 6) is 0.575. The first-order valence-electron chi connectivity index (χ1n) is 11.6. The molecule has 0 radical (unpaired) electrons. The van der Waals surface area contributed by atoms with Crippen molar-refractivity contribution < 1.29 is 24.2 Å². The predicted molar refractivity (Wildman–Crippen MR) is 127 cm³/mol. The van der Waals surface area contributed by atoms with Crippen molar-refractivity contribution in [3.05, 3.63) is 59.7 Å². The van der Waals surface area contributed by atoms with Crippen LogP contribution in [0.2, 0.25) is 0 Å². The van der Waals surface area contributed by atoms with Gasteiger partial charge in [0, 0.05) is 18.4 Å². The molecule has 0 aromatic heterocycles. The third-order valence-corrected chi connectivity index (χ3v) is 6.64. The Bertz CT molecular complexity index is 1080. The Morgan fingerprint density at radius 2 is 1.71 bits per heavy atom. The summed E-state index contributed by atoms with van der Waals surface area (Å²) in [6.45, 7) is 0.132. The summed E-state index contributed by atoms with van der Waals surface area (Å²) >= 11 is 0. The lowest BCUT2D eigenvalue weighted by molar-refractivity contribution is -0.143. The summed E-state index contributed by atoms with van der Waals surface area (Å²) in [5, 5.41) is 14.7. The molecular formula is C27H28N2O5. The molecule has 176 valence electrons. The lowest BCUT2D eigenvalue weighted by Crippen LogP contribution is -2.50. The maximum Gasteiger partial charge on any atom is 0.407 e. The van der Waals surface area contributed by atoms with Gasteiger partial charge in [-0.1, -0.05) is 55.0 Å². The molecule has 1 fully saturated rings. The van der Waals surface area contributed by atoms with Crippen LogP contribution in [0.3, 0.4) is 0 Å². The predicted octanol–water partition coefficient (Wildman–Crippen LogP) is 3.68. The highest BCUT2D eigenvalue weighted by molar-refractivity contribution is 5.86. The summed E-state index contributed by atoms with van der Waals surface area (Å²) in [7, 11) is 0. The Morgan fingerprint density at radius 3 is 2.32 bits per heavy atom. The van der Waals surface area contributed by atoms with Gasteiger partial charge in [0.15, 0.2) is 0 Å². The van der Waals surface area contributed by atoms with Gasteiger partial charge in [0.05, 0.1) is 5.92 Å². The van der Waals surface area contributed by atoms with Crippen LogP contribution in [0, 0.1) is 18.3 Å². The number of fused-ring (bicyclic) bond motifs is 3. The van der Waals surface area contributed by atoms with E-state index in [0.717, 1.165) is 28.7 Å². The minimum atomic E-state index is -0.953. The Labute approximate surface area is 198 Å². The number of terminal acetylenes is 1. The lowest BCUT2D eigenvalue weighted by Gasteiger charge is -2.28. The summed E-state index contributed by atoms with van der Waals surface area (Å²) in [6, 6.07) is 14.9. The van der Waals surface area contributed by atoms with Gasteiger partial charge in [-0.2, -0.15) is 0 Å². The Morgan fingerprint density at radius 1 is 1.06 bits per heavy atom. The van der Waals surface area contributed by atoms with E-state index in [2.05, 4.69) is 28.7 Å². The minimum absolute atomic E-state index is 0.00507. The molecule has 2 aliphatic carbocycles. The van der Waals surface area contributed by atoms with Gasteiger partial charge < -0.3 is 20.5 Å². The zero-order valence-electron chi connectivity index (χ0n) is 18.8. The second kappa shape index (κ2) is 10.4. The van der Waals surface area contributed by atoms with Crippen LogP contribution in [0.25, 0.3) is 11.1 Å². The van der Waals surface area contributed by atoms with Gasteiger partial charge in [-0.15, -0.1) is 12.3 Å². The van der Waals surface area contributed by atoms with E-state index in [1.165, 1.54) is 0 Å². The average Bonchev–Trinajstić information content (AvgIpc) is 3.16. The number of carbonyl (C=O) groups excluding carboxylic acids is 2. The SMILES string of the molecule is C#CCC(NC(=O)OCC1c2ccccc2-c2ccccc21)C(=O)N[C@H]1CCC[C@@H](C(=O)O)C1. The molecule has 2 amide bonds. The van der Waals surface area contributed by atoms with Gasteiger partial charge in [0.1, 0.15) is 12.6 Å². The van der Waals surface area contributed by atoms with Crippen LogP contribution in [-0.2, 0) is 14.3 Å². The molecule has 2 aromatic rings. The van der Waals surface area contributed by atoms with Crippen molar-refractivity contribution in [3.8, 4) is 23.5 Å². The third kappa shape index (κ3) is 5.07. The van der Waals surface area contributed by atoms with E-state index < -0.39 is 29.9 Å². The topological polar surface area (TPSA) is 105 Å². The molecular weight excluding hydrogens is 432 g/mol. The fourth-order valence-corrected chi connectivity index (χ4v) is 4.96. The van der Waals surface area contributed by atoms with E-state index >= 15 is 0 Å². The van der Waals surface area contributed by atoms with E-state index in [1.54, 1.807) is 0 Å². The first-order valence-corrected chi connectivity index (χ1v) is 11.6. The summed E-state index contributed by atoms with van der Waals surface area (Å²) in [6.07, 6.45) is 7.10. The summed E-state index contributed by atoms with van der Waals surface area (Å²) < 4.78 is 5.53. The van der Waals surface area contributed by atoms with Crippen LogP contribution in [0.5, 0.6) is 0 Å². The fraction of sp³-hybridized carbons (Fsp3) is 0.370. The van der Waals surface area contributed by atoms with Crippen molar-refractivity contribution in [2.45, 2.75) is 50.1 Å². The molecule has 3 atom stereocenters. The van der Waals surface area contributed by atoms with Crippen LogP contribution in [0.15, 0.2) is 48.5 Å². The molecule has 2 aromatic carbocycles. The molecule has 0 aliphatic heterocycles. The van der Waals surface area contributed by atoms with Gasteiger partial charge in [-0.05, 0) is 41.5 Å². The van der Waals surface area contributed by atoms with Gasteiger partial charge in [0.25, 0.3) is 0 Å². The van der Waals surface area contributed by atoms with E-state index in [4.69, 9.17) is 11.2 Å². The maximum absolute atomic E-state index is 12.8. The molecule has 7 heteroatoms. The first kappa shape index (κ1) is 23.4. The number of aliphatic carboxylic acids is 1. The molecule has 0 spiro atoms. The number of hydrogen-bond donors (Lipinski definition) is 3. The van der Waals surface area contributed by atoms with E-state index in [1.807, 2.05) is 36.4 Å². The zero-order chi connectivity index (χ0) is 24.1. The number of carbonyl (C=O) groups is 3. The lowest BCUT2D eigenvalue weighted by atomic mass is 9.85. The number of hydrogen-bond acceptors (Lipinski definition) is 4. The molecule has 34 heavy (non-hydrogen) atoms. The molecule has 1 saturated carbocycles. The minimum Gasteiger partial charge on any atom is -0.481 e. The standard InChI is InChI=1S/C27H28N2O5/c1-2-8-24(25(30)28-18-10-7-9-17(15-18)26(31)32)29-27(33)34-16-23-21-13-5-3-11-19(21)20-12-4-6-14-22(20)23/h1,3-6,11-14,17-18,23-24H,7-10,15-16H2,(H,28,30)(H,29,33)(H,31,32)/t17-,18+,24?/m1/s1. The number of carboxylic acids is 1. The van der Waals surface area contributed by atoms with E-state index in [9.17, 15) is 19.5 Å². The van der Waals surface area contributed by atoms with Crippen LogP contribution < -0.4 is 10.6 Å². The van der Waals surface area contributed by atoms with Crippen molar-refractivity contribution in [3.63, 3.8) is 0 Å². The number of nitrogens with one attached hydrogen (secondary N) is 2. The van der Waals surface area contributed by atoms with Crippen molar-refractivity contribution >= 4 is 18.0 Å². The van der Waals surface area contributed by atoms with Crippen molar-refractivity contribution in [1.29, 1.82) is 0 Å². The molecule has 7 nitrogen and oxygen atoms in total. The largest absolute Gasteiger partial charge is 0.481 e. The van der Waals surface area contributed by atoms with Gasteiger partial charge >= 0.3 is 12.1 Å². The maximum atomic E-state index is 12.8. The number of benzene rings is 2. The Balaban J connectivity index is 1.36. The number of rotatable bonds is 7. The highest BCUT2D eigenvalue weighted by atomic mass is 16.5. The van der Waals surface area contributed by atoms with Crippen LogP contribution in [0.1, 0.15) is 49.1 Å². The number of ether oxygens (including phenoxy) is 1. The van der Waals surface area contributed by atoms with Crippen molar-refractivity contribution in [2.75, 3.05) is 6.61 Å². The first-order chi connectivity index (χ1) is 16.5. The third-order valence-electron chi connectivity index (χ3n) is 6.64. The van der Waals surface area contributed by atoms with Crippen LogP contribution >= 0.6 is 0 Å². The van der Waals surface area contributed by atoms with Crippen LogP contribution in [0.4, 0.5) is 4.79 Å². The number of amides is 2. The second-order valence-corrected chi connectivity index (χ2v) is 8.84. The number of carboxylic acid groups (broad SMARTS) is 1. The highest BCUT2D eigenvalue weighted by Gasteiger charge is 2.31. The second-order valence-electron chi connectivity index (χ2n) is 8.84. The highest BCUT2D eigenvalue weighted by Crippen LogP contribution is 2.44. The average molecular weight is 461 g/mol. The van der Waals surface area contributed by atoms with E-state index in [-0.39, 0.29) is 25.0 Å². The van der Waals surface area contributed by atoms with E-state index in [0.29, 0.717) is 19.3 Å². The van der Waals surface area contributed by atoms with Gasteiger partial charge in [-0.25, -0.2) is 4.79 Å². The smallest absolute Gasteiger partial charge is 0.407 e. The molecule has 1 unspecified atom stereocenters. The summed E-state index contributed by atoms with van der Waals surface area (Å²) in [5.41, 5.74) is 4.45. The monoisotopic (exact) mass is 460 g/mol. The fourth-order valence-electron chi connectivity index (χ4n) is 4.96. The van der Waals surface area contributed by atoms with Crippen LogP contribution in [-0.4, -0.2) is 41.8 Å². The van der Waals surface area contributed by atoms with Gasteiger partial charge in [0.2, 0.25) is 5.91 Å². The summed E-state index contributed by atoms with van der Waals surface area (Å²) in [4.78, 5) is 36.7. The quantitative estimate of drug-likeness (QED) is 0.547.